The third-order valence-electron chi connectivity index (χ3n) is 3.94. The van der Waals surface area contributed by atoms with E-state index in [9.17, 15) is 15.0 Å². The normalized spacial score (nSPS) is 11.3. The number of hydrogen-bond acceptors (Lipinski definition) is 7. The highest BCUT2D eigenvalue weighted by atomic mass is 16.6. The van der Waals surface area contributed by atoms with Gasteiger partial charge in [-0.3, -0.25) is 0 Å². The summed E-state index contributed by atoms with van der Waals surface area (Å²) >= 11 is 0. The van der Waals surface area contributed by atoms with Gasteiger partial charge in [0.15, 0.2) is 0 Å². The number of phenolic OH excluding ortho intramolecular Hbond substituents is 1. The smallest absolute Gasteiger partial charge is 0.335 e. The van der Waals surface area contributed by atoms with E-state index in [1.165, 1.54) is 12.1 Å². The topological polar surface area (TPSA) is 110 Å². The van der Waals surface area contributed by atoms with Crippen molar-refractivity contribution in [1.29, 1.82) is 0 Å². The highest BCUT2D eigenvalue weighted by Crippen LogP contribution is 2.26. The maximum absolute atomic E-state index is 11.4. The Bertz CT molecular complexity index is 895. The standard InChI is InChI=1S/C22H28N2O6/c1-5-8-29-24-20(15-6-7-21(25)19(11-15)23-4)13-28-17-9-16(22(26)27)10-18(12-17)30-14(2)3/h6-7,9-12,14,23,25H,5,8,13H2,1-4H3,(H,26,27)/b24-20+. The minimum absolute atomic E-state index is 0.0296. The zero-order valence-corrected chi connectivity index (χ0v) is 17.6. The Hall–Kier alpha value is -3.42. The predicted octanol–water partition coefficient (Wildman–Crippen LogP) is 4.13. The summed E-state index contributed by atoms with van der Waals surface area (Å²) in [5.74, 6) is -0.226. The summed E-state index contributed by atoms with van der Waals surface area (Å²) in [6, 6.07) is 9.50. The number of aromatic hydroxyl groups is 1. The number of phenols is 1. The summed E-state index contributed by atoms with van der Waals surface area (Å²) in [5.41, 5.74) is 1.79. The molecule has 0 unspecified atom stereocenters. The second-order valence-corrected chi connectivity index (χ2v) is 6.81. The summed E-state index contributed by atoms with van der Waals surface area (Å²) in [6.45, 7) is 6.16. The number of carbonyl (C=O) groups is 1. The number of anilines is 1. The van der Waals surface area contributed by atoms with E-state index in [0.29, 0.717) is 35.1 Å². The maximum atomic E-state index is 11.4. The SMILES string of the molecule is CCCO/N=C(\COc1cc(OC(C)C)cc(C(=O)O)c1)c1ccc(O)c(NC)c1. The summed E-state index contributed by atoms with van der Waals surface area (Å²) in [5, 5.41) is 26.3. The van der Waals surface area contributed by atoms with Gasteiger partial charge < -0.3 is 29.8 Å². The number of nitrogens with zero attached hydrogens (tertiary/aromatic N) is 1. The molecule has 0 radical (unpaired) electrons. The molecule has 0 amide bonds. The van der Waals surface area contributed by atoms with Crippen LogP contribution in [-0.4, -0.2) is 48.3 Å². The molecule has 3 N–H and O–H groups in total. The molecule has 0 bridgehead atoms. The number of carboxylic acids is 1. The largest absolute Gasteiger partial charge is 0.506 e. The average Bonchev–Trinajstić information content (AvgIpc) is 2.70. The van der Waals surface area contributed by atoms with Crippen molar-refractivity contribution in [3.63, 3.8) is 0 Å². The first kappa shape index (κ1) is 22.9. The van der Waals surface area contributed by atoms with Crippen molar-refractivity contribution >= 4 is 17.4 Å². The van der Waals surface area contributed by atoms with Gasteiger partial charge in [0.05, 0.1) is 17.4 Å². The molecule has 0 atom stereocenters. The Morgan fingerprint density at radius 2 is 1.87 bits per heavy atom. The molecular formula is C22H28N2O6. The third kappa shape index (κ3) is 6.58. The van der Waals surface area contributed by atoms with Crippen LogP contribution in [0.3, 0.4) is 0 Å². The van der Waals surface area contributed by atoms with Gasteiger partial charge in [-0.1, -0.05) is 12.1 Å². The number of nitrogens with one attached hydrogen (secondary N) is 1. The lowest BCUT2D eigenvalue weighted by Gasteiger charge is -2.14. The van der Waals surface area contributed by atoms with Gasteiger partial charge in [-0.25, -0.2) is 4.79 Å². The quantitative estimate of drug-likeness (QED) is 0.219. The monoisotopic (exact) mass is 416 g/mol. The Morgan fingerprint density at radius 3 is 2.50 bits per heavy atom. The van der Waals surface area contributed by atoms with Crippen LogP contribution in [-0.2, 0) is 4.84 Å². The van der Waals surface area contributed by atoms with Crippen LogP contribution < -0.4 is 14.8 Å². The number of oxime groups is 1. The molecule has 30 heavy (non-hydrogen) atoms. The first-order chi connectivity index (χ1) is 14.3. The minimum atomic E-state index is -1.08. The maximum Gasteiger partial charge on any atom is 0.335 e. The van der Waals surface area contributed by atoms with Crippen LogP contribution in [0, 0.1) is 0 Å². The van der Waals surface area contributed by atoms with E-state index in [-0.39, 0.29) is 24.0 Å². The molecule has 0 fully saturated rings. The van der Waals surface area contributed by atoms with Crippen LogP contribution in [0.25, 0.3) is 0 Å². The van der Waals surface area contributed by atoms with Crippen LogP contribution >= 0.6 is 0 Å². The van der Waals surface area contributed by atoms with Gasteiger partial charge in [-0.05, 0) is 50.6 Å². The highest BCUT2D eigenvalue weighted by molar-refractivity contribution is 6.02. The number of rotatable bonds is 11. The lowest BCUT2D eigenvalue weighted by molar-refractivity contribution is 0.0695. The molecular weight excluding hydrogens is 388 g/mol. The third-order valence-corrected chi connectivity index (χ3v) is 3.94. The van der Waals surface area contributed by atoms with Gasteiger partial charge in [0, 0.05) is 18.7 Å². The van der Waals surface area contributed by atoms with Gasteiger partial charge in [0.25, 0.3) is 0 Å². The Morgan fingerprint density at radius 1 is 1.13 bits per heavy atom. The van der Waals surface area contributed by atoms with Crippen LogP contribution in [0.15, 0.2) is 41.6 Å². The second kappa shape index (κ2) is 10.9. The lowest BCUT2D eigenvalue weighted by Crippen LogP contribution is -2.15. The molecule has 8 heteroatoms. The van der Waals surface area contributed by atoms with E-state index in [0.717, 1.165) is 6.42 Å². The number of ether oxygens (including phenoxy) is 2. The fourth-order valence-electron chi connectivity index (χ4n) is 2.56. The van der Waals surface area contributed by atoms with Crippen LogP contribution in [0.5, 0.6) is 17.2 Å². The van der Waals surface area contributed by atoms with Gasteiger partial charge >= 0.3 is 5.97 Å². The number of aromatic carboxylic acids is 1. The van der Waals surface area contributed by atoms with Crippen molar-refractivity contribution in [3.05, 3.63) is 47.5 Å². The molecule has 0 aliphatic rings. The van der Waals surface area contributed by atoms with Crippen molar-refractivity contribution in [1.82, 2.24) is 0 Å². The van der Waals surface area contributed by atoms with Crippen LogP contribution in [0.2, 0.25) is 0 Å². The van der Waals surface area contributed by atoms with Crippen molar-refractivity contribution < 1.29 is 29.3 Å². The van der Waals surface area contributed by atoms with Gasteiger partial charge in [0.2, 0.25) is 0 Å². The van der Waals surface area contributed by atoms with Crippen molar-refractivity contribution in [3.8, 4) is 17.2 Å². The molecule has 0 aromatic heterocycles. The second-order valence-electron chi connectivity index (χ2n) is 6.81. The van der Waals surface area contributed by atoms with E-state index in [1.807, 2.05) is 20.8 Å². The summed E-state index contributed by atoms with van der Waals surface area (Å²) in [4.78, 5) is 16.8. The molecule has 8 nitrogen and oxygen atoms in total. The van der Waals surface area contributed by atoms with Crippen LogP contribution in [0.1, 0.15) is 43.1 Å². The van der Waals surface area contributed by atoms with E-state index >= 15 is 0 Å². The zero-order chi connectivity index (χ0) is 22.1. The Balaban J connectivity index is 2.29. The van der Waals surface area contributed by atoms with Gasteiger partial charge in [-0.15, -0.1) is 0 Å². The number of benzene rings is 2. The number of hydrogen-bond donors (Lipinski definition) is 3. The first-order valence-electron chi connectivity index (χ1n) is 9.71. The van der Waals surface area contributed by atoms with Crippen molar-refractivity contribution in [2.45, 2.75) is 33.3 Å². The summed E-state index contributed by atoms with van der Waals surface area (Å²) in [6.07, 6.45) is 0.685. The van der Waals surface area contributed by atoms with Crippen molar-refractivity contribution in [2.24, 2.45) is 5.16 Å². The van der Waals surface area contributed by atoms with E-state index in [2.05, 4.69) is 10.5 Å². The molecule has 0 heterocycles. The molecule has 2 aromatic rings. The summed E-state index contributed by atoms with van der Waals surface area (Å²) in [7, 11) is 1.70. The van der Waals surface area contributed by atoms with E-state index < -0.39 is 5.97 Å². The molecule has 0 aliphatic carbocycles. The molecule has 162 valence electrons. The number of carboxylic acid groups (broad SMARTS) is 1. The van der Waals surface area contributed by atoms with Crippen LogP contribution in [0.4, 0.5) is 5.69 Å². The highest BCUT2D eigenvalue weighted by Gasteiger charge is 2.13. The molecule has 0 aliphatic heterocycles. The summed E-state index contributed by atoms with van der Waals surface area (Å²) < 4.78 is 11.5. The van der Waals surface area contributed by atoms with Crippen molar-refractivity contribution in [2.75, 3.05) is 25.6 Å². The molecule has 0 spiro atoms. The zero-order valence-electron chi connectivity index (χ0n) is 17.6. The Labute approximate surface area is 176 Å². The fraction of sp³-hybridized carbons (Fsp3) is 0.364. The van der Waals surface area contributed by atoms with E-state index in [1.54, 1.807) is 31.3 Å². The molecule has 0 saturated heterocycles. The predicted molar refractivity (Wildman–Crippen MR) is 115 cm³/mol. The molecule has 0 saturated carbocycles. The van der Waals surface area contributed by atoms with E-state index in [4.69, 9.17) is 14.3 Å². The lowest BCUT2D eigenvalue weighted by atomic mass is 10.1. The minimum Gasteiger partial charge on any atom is -0.506 e. The first-order valence-corrected chi connectivity index (χ1v) is 9.71. The van der Waals surface area contributed by atoms with Gasteiger partial charge in [0.1, 0.15) is 36.2 Å². The fourth-order valence-corrected chi connectivity index (χ4v) is 2.56. The Kier molecular flexibility index (Phi) is 8.34. The van der Waals surface area contributed by atoms with Gasteiger partial charge in [-0.2, -0.15) is 0 Å². The molecule has 2 aromatic carbocycles. The average molecular weight is 416 g/mol. The molecule has 2 rings (SSSR count).